The molecule has 0 bridgehead atoms. The molecular weight excluding hydrogens is 279 g/mol. The van der Waals surface area contributed by atoms with Crippen LogP contribution >= 0.6 is 0 Å². The molecule has 106 valence electrons. The van der Waals surface area contributed by atoms with E-state index in [0.717, 1.165) is 13.2 Å². The average molecular weight is 286 g/mol. The van der Waals surface area contributed by atoms with Crippen LogP contribution in [0.1, 0.15) is 10.4 Å². The third-order valence-corrected chi connectivity index (χ3v) is 1.76. The molecule has 0 saturated heterocycles. The quantitative estimate of drug-likeness (QED) is 0.630. The van der Waals surface area contributed by atoms with Crippen molar-refractivity contribution in [3.8, 4) is 11.5 Å². The van der Waals surface area contributed by atoms with Crippen LogP contribution in [0.4, 0.5) is 22.0 Å². The van der Waals surface area contributed by atoms with Crippen LogP contribution in [0.2, 0.25) is 0 Å². The van der Waals surface area contributed by atoms with Gasteiger partial charge < -0.3 is 14.2 Å². The summed E-state index contributed by atoms with van der Waals surface area (Å²) < 4.78 is 71.8. The Morgan fingerprint density at radius 3 is 2.21 bits per heavy atom. The predicted octanol–water partition coefficient (Wildman–Crippen LogP) is 2.97. The van der Waals surface area contributed by atoms with E-state index in [9.17, 15) is 26.7 Å². The Morgan fingerprint density at radius 1 is 1.16 bits per heavy atom. The first-order valence-electron chi connectivity index (χ1n) is 4.65. The molecule has 0 spiro atoms. The van der Waals surface area contributed by atoms with Crippen molar-refractivity contribution < 1.29 is 41.0 Å². The van der Waals surface area contributed by atoms with Gasteiger partial charge in [-0.1, -0.05) is 0 Å². The highest BCUT2D eigenvalue weighted by Gasteiger charge is 2.31. The maximum atomic E-state index is 12.0. The molecule has 4 nitrogen and oxygen atoms in total. The summed E-state index contributed by atoms with van der Waals surface area (Å²) in [6.45, 7) is -3.26. The first-order chi connectivity index (χ1) is 8.71. The first-order valence-corrected chi connectivity index (χ1v) is 4.65. The summed E-state index contributed by atoms with van der Waals surface area (Å²) in [7, 11) is 0.979. The predicted molar refractivity (Wildman–Crippen MR) is 51.1 cm³/mol. The van der Waals surface area contributed by atoms with Gasteiger partial charge in [-0.05, 0) is 12.1 Å². The monoisotopic (exact) mass is 286 g/mol. The summed E-state index contributed by atoms with van der Waals surface area (Å²) in [5.74, 6) is -2.55. The molecule has 0 saturated carbocycles. The molecule has 0 aromatic heterocycles. The fourth-order valence-corrected chi connectivity index (χ4v) is 1.17. The summed E-state index contributed by atoms with van der Waals surface area (Å²) in [6, 6.07) is 2.07. The summed E-state index contributed by atoms with van der Waals surface area (Å²) in [5, 5.41) is 0. The molecule has 1 rings (SSSR count). The smallest absolute Gasteiger partial charge is 0.465 e. The van der Waals surface area contributed by atoms with Crippen LogP contribution in [0, 0.1) is 0 Å². The number of alkyl halides is 5. The number of ether oxygens (including phenoxy) is 3. The molecule has 0 radical (unpaired) electrons. The van der Waals surface area contributed by atoms with E-state index in [0.29, 0.717) is 12.1 Å². The zero-order valence-electron chi connectivity index (χ0n) is 9.33. The number of benzene rings is 1. The minimum absolute atomic E-state index is 0.417. The van der Waals surface area contributed by atoms with Crippen molar-refractivity contribution in [3.63, 3.8) is 0 Å². The van der Waals surface area contributed by atoms with E-state index in [2.05, 4.69) is 14.2 Å². The van der Waals surface area contributed by atoms with Crippen molar-refractivity contribution in [2.24, 2.45) is 0 Å². The molecule has 0 heterocycles. The molecular formula is C10H7F5O4. The van der Waals surface area contributed by atoms with E-state index in [1.165, 1.54) is 0 Å². The zero-order chi connectivity index (χ0) is 14.6. The molecule has 1 aromatic carbocycles. The summed E-state index contributed by atoms with van der Waals surface area (Å²) in [4.78, 5) is 11.2. The van der Waals surface area contributed by atoms with Gasteiger partial charge in [-0.15, -0.1) is 13.2 Å². The normalized spacial score (nSPS) is 11.3. The Balaban J connectivity index is 3.12. The molecule has 0 N–H and O–H groups in total. The largest absolute Gasteiger partial charge is 0.573 e. The number of methoxy groups -OCH3 is 1. The van der Waals surface area contributed by atoms with Crippen LogP contribution in [0.15, 0.2) is 18.2 Å². The van der Waals surface area contributed by atoms with Gasteiger partial charge >= 0.3 is 18.9 Å². The van der Waals surface area contributed by atoms with Crippen LogP contribution in [0.3, 0.4) is 0 Å². The molecule has 0 atom stereocenters. The molecule has 0 amide bonds. The van der Waals surface area contributed by atoms with E-state index in [1.54, 1.807) is 0 Å². The number of halogens is 5. The fourth-order valence-electron chi connectivity index (χ4n) is 1.17. The SMILES string of the molecule is COC(=O)c1cc(OC(F)F)cc(OC(F)(F)F)c1. The summed E-state index contributed by atoms with van der Waals surface area (Å²) in [6.07, 6.45) is -5.03. The lowest BCUT2D eigenvalue weighted by molar-refractivity contribution is -0.274. The van der Waals surface area contributed by atoms with Crippen molar-refractivity contribution in [1.29, 1.82) is 0 Å². The average Bonchev–Trinajstić information content (AvgIpc) is 2.24. The Labute approximate surface area is 103 Å². The van der Waals surface area contributed by atoms with Gasteiger partial charge in [0.2, 0.25) is 0 Å². The number of esters is 1. The van der Waals surface area contributed by atoms with Gasteiger partial charge in [0, 0.05) is 6.07 Å². The van der Waals surface area contributed by atoms with E-state index >= 15 is 0 Å². The number of rotatable bonds is 4. The van der Waals surface area contributed by atoms with Crippen molar-refractivity contribution in [1.82, 2.24) is 0 Å². The van der Waals surface area contributed by atoms with Gasteiger partial charge in [-0.2, -0.15) is 8.78 Å². The lowest BCUT2D eigenvalue weighted by atomic mass is 10.2. The van der Waals surface area contributed by atoms with E-state index in [4.69, 9.17) is 0 Å². The van der Waals surface area contributed by atoms with Crippen LogP contribution in [-0.4, -0.2) is 26.1 Å². The molecule has 0 aliphatic carbocycles. The fraction of sp³-hybridized carbons (Fsp3) is 0.300. The van der Waals surface area contributed by atoms with Gasteiger partial charge in [0.25, 0.3) is 0 Å². The van der Waals surface area contributed by atoms with Gasteiger partial charge in [-0.25, -0.2) is 4.79 Å². The Morgan fingerprint density at radius 2 is 1.74 bits per heavy atom. The highest BCUT2D eigenvalue weighted by atomic mass is 19.4. The number of hydrogen-bond acceptors (Lipinski definition) is 4. The van der Waals surface area contributed by atoms with Crippen molar-refractivity contribution in [3.05, 3.63) is 23.8 Å². The van der Waals surface area contributed by atoms with Gasteiger partial charge in [-0.3, -0.25) is 0 Å². The van der Waals surface area contributed by atoms with Crippen LogP contribution < -0.4 is 9.47 Å². The third kappa shape index (κ3) is 4.98. The molecule has 9 heteroatoms. The Kier molecular flexibility index (Phi) is 4.52. The minimum Gasteiger partial charge on any atom is -0.465 e. The Bertz CT molecular complexity index is 458. The van der Waals surface area contributed by atoms with Crippen molar-refractivity contribution >= 4 is 5.97 Å². The highest BCUT2D eigenvalue weighted by Crippen LogP contribution is 2.29. The van der Waals surface area contributed by atoms with E-state index in [1.807, 2.05) is 0 Å². The zero-order valence-corrected chi connectivity index (χ0v) is 9.33. The molecule has 0 unspecified atom stereocenters. The molecule has 1 aromatic rings. The minimum atomic E-state index is -5.03. The van der Waals surface area contributed by atoms with Gasteiger partial charge in [0.05, 0.1) is 12.7 Å². The third-order valence-electron chi connectivity index (χ3n) is 1.76. The molecule has 19 heavy (non-hydrogen) atoms. The second-order valence-electron chi connectivity index (χ2n) is 3.11. The van der Waals surface area contributed by atoms with E-state index < -0.39 is 36.0 Å². The molecule has 0 fully saturated rings. The van der Waals surface area contributed by atoms with Crippen LogP contribution in [0.25, 0.3) is 0 Å². The number of carbonyl (C=O) groups excluding carboxylic acids is 1. The lowest BCUT2D eigenvalue weighted by Gasteiger charge is -2.12. The molecule has 0 aliphatic rings. The van der Waals surface area contributed by atoms with Crippen molar-refractivity contribution in [2.45, 2.75) is 13.0 Å². The van der Waals surface area contributed by atoms with E-state index in [-0.39, 0.29) is 0 Å². The summed E-state index contributed by atoms with van der Waals surface area (Å²) >= 11 is 0. The van der Waals surface area contributed by atoms with Gasteiger partial charge in [0.15, 0.2) is 0 Å². The maximum Gasteiger partial charge on any atom is 0.573 e. The number of hydrogen-bond donors (Lipinski definition) is 0. The lowest BCUT2D eigenvalue weighted by Crippen LogP contribution is -2.17. The second-order valence-corrected chi connectivity index (χ2v) is 3.11. The topological polar surface area (TPSA) is 44.8 Å². The van der Waals surface area contributed by atoms with Crippen molar-refractivity contribution in [2.75, 3.05) is 7.11 Å². The second kappa shape index (κ2) is 5.72. The highest BCUT2D eigenvalue weighted by molar-refractivity contribution is 5.90. The first kappa shape index (κ1) is 15.0. The molecule has 0 aliphatic heterocycles. The van der Waals surface area contributed by atoms with Gasteiger partial charge in [0.1, 0.15) is 11.5 Å². The van der Waals surface area contributed by atoms with Crippen LogP contribution in [-0.2, 0) is 4.74 Å². The Hall–Kier alpha value is -2.06. The maximum absolute atomic E-state index is 12.0. The summed E-state index contributed by atoms with van der Waals surface area (Å²) in [5.41, 5.74) is -0.417. The standard InChI is InChI=1S/C10H7F5O4/c1-17-8(16)5-2-6(18-9(11)12)4-7(3-5)19-10(13,14)15/h2-4,9H,1H3. The number of carbonyl (C=O) groups is 1. The van der Waals surface area contributed by atoms with Crippen LogP contribution in [0.5, 0.6) is 11.5 Å².